The van der Waals surface area contributed by atoms with E-state index in [4.69, 9.17) is 5.11 Å². The van der Waals surface area contributed by atoms with Gasteiger partial charge in [0, 0.05) is 0 Å². The van der Waals surface area contributed by atoms with E-state index in [0.717, 1.165) is 0 Å². The molecule has 15 heavy (non-hydrogen) atoms. The van der Waals surface area contributed by atoms with Crippen LogP contribution in [0, 0.1) is 0 Å². The maximum absolute atomic E-state index is 9.75. The lowest BCUT2D eigenvalue weighted by atomic mass is 10.0. The highest BCUT2D eigenvalue weighted by Crippen LogP contribution is 2.20. The van der Waals surface area contributed by atoms with Gasteiger partial charge in [-0.2, -0.15) is 0 Å². The molecule has 84 valence electrons. The van der Waals surface area contributed by atoms with Crippen LogP contribution in [0.5, 0.6) is 5.75 Å². The molecule has 0 saturated carbocycles. The molecule has 0 fully saturated rings. The Hall–Kier alpha value is -1.10. The van der Waals surface area contributed by atoms with Gasteiger partial charge in [-0.25, -0.2) is 0 Å². The number of phenols is 1. The van der Waals surface area contributed by atoms with E-state index in [-0.39, 0.29) is 5.75 Å². The minimum Gasteiger partial charge on any atom is -0.508 e. The van der Waals surface area contributed by atoms with Crippen LogP contribution in [0.25, 0.3) is 0 Å². The predicted molar refractivity (Wildman–Crippen MR) is 57.6 cm³/mol. The van der Waals surface area contributed by atoms with Gasteiger partial charge < -0.3 is 20.6 Å². The molecule has 0 bridgehead atoms. The first-order valence-corrected chi connectivity index (χ1v) is 4.95. The highest BCUT2D eigenvalue weighted by molar-refractivity contribution is 5.27. The van der Waals surface area contributed by atoms with Crippen molar-refractivity contribution in [2.75, 3.05) is 13.6 Å². The summed E-state index contributed by atoms with van der Waals surface area (Å²) in [6.45, 7) is 0.649. The third-order valence-corrected chi connectivity index (χ3v) is 2.29. The number of phenolic OH excluding ortho intramolecular Hbond substituents is 1. The Morgan fingerprint density at radius 1 is 1.20 bits per heavy atom. The molecule has 1 aromatic rings. The third kappa shape index (κ3) is 3.51. The van der Waals surface area contributed by atoms with E-state index in [1.807, 2.05) is 0 Å². The molecule has 1 aromatic carbocycles. The summed E-state index contributed by atoms with van der Waals surface area (Å²) in [7, 11) is 1.79. The standard InChI is InChI=1S/C11H17NO3/c1-12-7-6-10(14)11(15)8-2-4-9(13)5-3-8/h2-5,10-15H,6-7H2,1H3. The average Bonchev–Trinajstić information content (AvgIpc) is 2.26. The van der Waals surface area contributed by atoms with Crippen molar-refractivity contribution in [3.05, 3.63) is 29.8 Å². The van der Waals surface area contributed by atoms with Gasteiger partial charge in [-0.15, -0.1) is 0 Å². The number of aromatic hydroxyl groups is 1. The molecule has 0 heterocycles. The van der Waals surface area contributed by atoms with Gasteiger partial charge in [0.15, 0.2) is 0 Å². The molecular formula is C11H17NO3. The zero-order valence-electron chi connectivity index (χ0n) is 8.72. The van der Waals surface area contributed by atoms with E-state index in [9.17, 15) is 10.2 Å². The fourth-order valence-electron chi connectivity index (χ4n) is 1.34. The fraction of sp³-hybridized carbons (Fsp3) is 0.455. The Balaban J connectivity index is 2.59. The molecule has 0 aliphatic rings. The van der Waals surface area contributed by atoms with E-state index in [0.29, 0.717) is 18.5 Å². The molecule has 2 atom stereocenters. The molecule has 0 aliphatic carbocycles. The van der Waals surface area contributed by atoms with Gasteiger partial charge in [-0.1, -0.05) is 12.1 Å². The van der Waals surface area contributed by atoms with Crippen LogP contribution in [0.1, 0.15) is 18.1 Å². The van der Waals surface area contributed by atoms with Crippen LogP contribution < -0.4 is 5.32 Å². The summed E-state index contributed by atoms with van der Waals surface area (Å²) in [5.41, 5.74) is 0.608. The zero-order valence-corrected chi connectivity index (χ0v) is 8.72. The number of rotatable bonds is 5. The maximum Gasteiger partial charge on any atom is 0.115 e. The number of hydrogen-bond acceptors (Lipinski definition) is 4. The Kier molecular flexibility index (Phi) is 4.55. The summed E-state index contributed by atoms with van der Waals surface area (Å²) < 4.78 is 0. The first-order valence-electron chi connectivity index (χ1n) is 4.95. The second-order valence-corrected chi connectivity index (χ2v) is 3.50. The molecule has 4 N–H and O–H groups in total. The van der Waals surface area contributed by atoms with Crippen LogP contribution in [0.2, 0.25) is 0 Å². The molecule has 0 amide bonds. The molecule has 0 spiro atoms. The lowest BCUT2D eigenvalue weighted by Crippen LogP contribution is -2.23. The highest BCUT2D eigenvalue weighted by Gasteiger charge is 2.17. The van der Waals surface area contributed by atoms with Crippen LogP contribution in [0.3, 0.4) is 0 Å². The molecule has 4 nitrogen and oxygen atoms in total. The molecule has 0 aromatic heterocycles. The van der Waals surface area contributed by atoms with Gasteiger partial charge in [0.05, 0.1) is 6.10 Å². The van der Waals surface area contributed by atoms with Crippen molar-refractivity contribution in [1.29, 1.82) is 0 Å². The summed E-state index contributed by atoms with van der Waals surface area (Å²) >= 11 is 0. The number of aliphatic hydroxyl groups excluding tert-OH is 2. The van der Waals surface area contributed by atoms with Crippen LogP contribution in [0.15, 0.2) is 24.3 Å². The van der Waals surface area contributed by atoms with Gasteiger partial charge in [-0.05, 0) is 37.7 Å². The van der Waals surface area contributed by atoms with Crippen LogP contribution in [-0.4, -0.2) is 35.0 Å². The summed E-state index contributed by atoms with van der Waals surface area (Å²) in [5, 5.41) is 31.3. The third-order valence-electron chi connectivity index (χ3n) is 2.29. The molecule has 0 radical (unpaired) electrons. The van der Waals surface area contributed by atoms with E-state index in [1.165, 1.54) is 12.1 Å². The second-order valence-electron chi connectivity index (χ2n) is 3.50. The largest absolute Gasteiger partial charge is 0.508 e. The first kappa shape index (κ1) is 12.0. The topological polar surface area (TPSA) is 72.7 Å². The van der Waals surface area contributed by atoms with Crippen molar-refractivity contribution in [3.8, 4) is 5.75 Å². The smallest absolute Gasteiger partial charge is 0.115 e. The lowest BCUT2D eigenvalue weighted by Gasteiger charge is -2.17. The Labute approximate surface area is 89.2 Å². The number of nitrogens with one attached hydrogen (secondary N) is 1. The van der Waals surface area contributed by atoms with Gasteiger partial charge in [-0.3, -0.25) is 0 Å². The summed E-state index contributed by atoms with van der Waals surface area (Å²) in [4.78, 5) is 0. The van der Waals surface area contributed by atoms with Crippen LogP contribution in [-0.2, 0) is 0 Å². The minimum absolute atomic E-state index is 0.149. The molecule has 1 rings (SSSR count). The van der Waals surface area contributed by atoms with Crippen LogP contribution in [0.4, 0.5) is 0 Å². The van der Waals surface area contributed by atoms with E-state index >= 15 is 0 Å². The summed E-state index contributed by atoms with van der Waals surface area (Å²) in [5.74, 6) is 0.149. The molecule has 2 unspecified atom stereocenters. The first-order chi connectivity index (χ1) is 7.15. The Morgan fingerprint density at radius 3 is 2.33 bits per heavy atom. The molecule has 0 saturated heterocycles. The maximum atomic E-state index is 9.75. The monoisotopic (exact) mass is 211 g/mol. The second kappa shape index (κ2) is 5.70. The number of aliphatic hydroxyl groups is 2. The van der Waals surface area contributed by atoms with Crippen molar-refractivity contribution >= 4 is 0 Å². The quantitative estimate of drug-likeness (QED) is 0.568. The normalized spacial score (nSPS) is 14.9. The summed E-state index contributed by atoms with van der Waals surface area (Å²) in [6.07, 6.45) is -1.21. The number of hydrogen-bond donors (Lipinski definition) is 4. The van der Waals surface area contributed by atoms with Crippen molar-refractivity contribution in [3.63, 3.8) is 0 Å². The number of benzene rings is 1. The molecular weight excluding hydrogens is 194 g/mol. The lowest BCUT2D eigenvalue weighted by molar-refractivity contribution is 0.0140. The van der Waals surface area contributed by atoms with Gasteiger partial charge in [0.1, 0.15) is 11.9 Å². The van der Waals surface area contributed by atoms with E-state index < -0.39 is 12.2 Å². The van der Waals surface area contributed by atoms with Crippen molar-refractivity contribution in [2.45, 2.75) is 18.6 Å². The minimum atomic E-state index is -0.904. The average molecular weight is 211 g/mol. The molecule has 0 aliphatic heterocycles. The highest BCUT2D eigenvalue weighted by atomic mass is 16.3. The SMILES string of the molecule is CNCCC(O)C(O)c1ccc(O)cc1. The van der Waals surface area contributed by atoms with Crippen molar-refractivity contribution in [2.24, 2.45) is 0 Å². The summed E-state index contributed by atoms with van der Waals surface area (Å²) in [6, 6.07) is 6.18. The van der Waals surface area contributed by atoms with Gasteiger partial charge >= 0.3 is 0 Å². The molecule has 4 heteroatoms. The zero-order chi connectivity index (χ0) is 11.3. The Bertz CT molecular complexity index is 286. The van der Waals surface area contributed by atoms with Gasteiger partial charge in [0.2, 0.25) is 0 Å². The Morgan fingerprint density at radius 2 is 1.80 bits per heavy atom. The van der Waals surface area contributed by atoms with E-state index in [2.05, 4.69) is 5.32 Å². The van der Waals surface area contributed by atoms with Gasteiger partial charge in [0.25, 0.3) is 0 Å². The predicted octanol–water partition coefficient (Wildman–Crippen LogP) is 0.396. The van der Waals surface area contributed by atoms with Crippen molar-refractivity contribution < 1.29 is 15.3 Å². The van der Waals surface area contributed by atoms with Crippen molar-refractivity contribution in [1.82, 2.24) is 5.32 Å². The van der Waals surface area contributed by atoms with Crippen LogP contribution >= 0.6 is 0 Å². The fourth-order valence-corrected chi connectivity index (χ4v) is 1.34. The van der Waals surface area contributed by atoms with E-state index in [1.54, 1.807) is 19.2 Å².